The summed E-state index contributed by atoms with van der Waals surface area (Å²) < 4.78 is 28.7. The van der Waals surface area contributed by atoms with Gasteiger partial charge in [-0.25, -0.2) is 0 Å². The Morgan fingerprint density at radius 2 is 2.20 bits per heavy atom. The number of anilines is 1. The highest BCUT2D eigenvalue weighted by Crippen LogP contribution is 2.32. The van der Waals surface area contributed by atoms with Crippen LogP contribution in [0, 0.1) is 0 Å². The fraction of sp³-hybridized carbons (Fsp3) is 0.250. The van der Waals surface area contributed by atoms with E-state index in [1.165, 1.54) is 6.07 Å². The van der Waals surface area contributed by atoms with Gasteiger partial charge in [-0.1, -0.05) is 35.3 Å². The molecule has 0 spiro atoms. The first-order valence-corrected chi connectivity index (χ1v) is 7.43. The molecule has 2 aromatic rings. The Morgan fingerprint density at radius 3 is 2.90 bits per heavy atom. The first kappa shape index (κ1) is 14.9. The highest BCUT2D eigenvalue weighted by molar-refractivity contribution is 7.99. The average Bonchev–Trinajstić information content (AvgIpc) is 2.88. The standard InChI is InChI=1S/C12H11F2N3OS2/c1-2-7-10(20-17-16-7)11(18)15-8-5-3-4-6-9(8)19-12(13)14/h3-6,12H,2H2,1H3,(H,15,18). The Balaban J connectivity index is 2.20. The molecule has 0 unspecified atom stereocenters. The quantitative estimate of drug-likeness (QED) is 0.855. The Hall–Kier alpha value is -1.54. The Kier molecular flexibility index (Phi) is 5.02. The summed E-state index contributed by atoms with van der Waals surface area (Å²) in [6.07, 6.45) is 0.590. The van der Waals surface area contributed by atoms with Crippen molar-refractivity contribution in [3.63, 3.8) is 0 Å². The zero-order chi connectivity index (χ0) is 14.5. The molecule has 1 aromatic carbocycles. The lowest BCUT2D eigenvalue weighted by Crippen LogP contribution is -2.13. The van der Waals surface area contributed by atoms with E-state index in [9.17, 15) is 13.6 Å². The molecule has 2 rings (SSSR count). The van der Waals surface area contributed by atoms with Crippen LogP contribution in [0.2, 0.25) is 0 Å². The van der Waals surface area contributed by atoms with Gasteiger partial charge in [-0.2, -0.15) is 8.78 Å². The van der Waals surface area contributed by atoms with Crippen LogP contribution < -0.4 is 5.32 Å². The summed E-state index contributed by atoms with van der Waals surface area (Å²) in [7, 11) is 0. The molecule has 1 amide bonds. The van der Waals surface area contributed by atoms with E-state index in [4.69, 9.17) is 0 Å². The summed E-state index contributed by atoms with van der Waals surface area (Å²) in [5, 5.41) is 6.48. The number of aromatic nitrogens is 2. The van der Waals surface area contributed by atoms with Crippen molar-refractivity contribution in [2.24, 2.45) is 0 Å². The van der Waals surface area contributed by atoms with Crippen LogP contribution in [0.5, 0.6) is 0 Å². The second-order valence-corrected chi connectivity index (χ2v) is 5.52. The van der Waals surface area contributed by atoms with Gasteiger partial charge < -0.3 is 5.32 Å². The van der Waals surface area contributed by atoms with Crippen molar-refractivity contribution in [3.05, 3.63) is 34.8 Å². The Morgan fingerprint density at radius 1 is 1.45 bits per heavy atom. The number of benzene rings is 1. The van der Waals surface area contributed by atoms with E-state index in [1.807, 2.05) is 6.92 Å². The number of thioether (sulfide) groups is 1. The maximum Gasteiger partial charge on any atom is 0.288 e. The van der Waals surface area contributed by atoms with E-state index in [2.05, 4.69) is 14.9 Å². The van der Waals surface area contributed by atoms with Crippen molar-refractivity contribution in [3.8, 4) is 0 Å². The molecule has 1 heterocycles. The third-order valence-corrected chi connectivity index (χ3v) is 4.00. The number of nitrogens with one attached hydrogen (secondary N) is 1. The smallest absolute Gasteiger partial charge is 0.288 e. The van der Waals surface area contributed by atoms with Crippen LogP contribution in [-0.4, -0.2) is 21.3 Å². The van der Waals surface area contributed by atoms with Gasteiger partial charge in [0.05, 0.1) is 11.4 Å². The number of rotatable bonds is 5. The SMILES string of the molecule is CCc1nnsc1C(=O)Nc1ccccc1SC(F)F. The third kappa shape index (κ3) is 3.51. The maximum atomic E-state index is 12.5. The summed E-state index contributed by atoms with van der Waals surface area (Å²) in [5.74, 6) is -2.91. The highest BCUT2D eigenvalue weighted by atomic mass is 32.2. The van der Waals surface area contributed by atoms with Gasteiger partial charge in [0.1, 0.15) is 4.88 Å². The number of hydrogen-bond acceptors (Lipinski definition) is 5. The number of aryl methyl sites for hydroxylation is 1. The third-order valence-electron chi connectivity index (χ3n) is 2.45. The van der Waals surface area contributed by atoms with Gasteiger partial charge in [0.25, 0.3) is 11.7 Å². The molecular formula is C12H11F2N3OS2. The average molecular weight is 315 g/mol. The van der Waals surface area contributed by atoms with Crippen molar-refractivity contribution < 1.29 is 13.6 Å². The zero-order valence-corrected chi connectivity index (χ0v) is 12.1. The molecule has 0 radical (unpaired) electrons. The summed E-state index contributed by atoms with van der Waals surface area (Å²) in [6, 6.07) is 6.45. The number of para-hydroxylation sites is 1. The molecule has 1 aromatic heterocycles. The Bertz CT molecular complexity index is 604. The second kappa shape index (κ2) is 6.76. The van der Waals surface area contributed by atoms with E-state index >= 15 is 0 Å². The highest BCUT2D eigenvalue weighted by Gasteiger charge is 2.17. The summed E-state index contributed by atoms with van der Waals surface area (Å²) in [6.45, 7) is 1.87. The van der Waals surface area contributed by atoms with Crippen LogP contribution >= 0.6 is 23.3 Å². The molecule has 0 saturated carbocycles. The summed E-state index contributed by atoms with van der Waals surface area (Å²) in [4.78, 5) is 12.8. The maximum absolute atomic E-state index is 12.5. The fourth-order valence-electron chi connectivity index (χ4n) is 1.56. The number of nitrogens with zero attached hydrogens (tertiary/aromatic N) is 2. The minimum Gasteiger partial charge on any atom is -0.320 e. The first-order valence-electron chi connectivity index (χ1n) is 5.78. The molecule has 8 heteroatoms. The molecule has 1 N–H and O–H groups in total. The predicted octanol–water partition coefficient (Wildman–Crippen LogP) is 3.67. The lowest BCUT2D eigenvalue weighted by Gasteiger charge is -2.09. The summed E-state index contributed by atoms with van der Waals surface area (Å²) in [5.41, 5.74) is 0.963. The van der Waals surface area contributed by atoms with Crippen molar-refractivity contribution in [1.29, 1.82) is 0 Å². The minimum absolute atomic E-state index is 0.325. The van der Waals surface area contributed by atoms with Crippen molar-refractivity contribution >= 4 is 34.9 Å². The molecule has 0 fully saturated rings. The van der Waals surface area contributed by atoms with Gasteiger partial charge in [-0.05, 0) is 30.1 Å². The molecule has 0 aliphatic rings. The van der Waals surface area contributed by atoms with Crippen molar-refractivity contribution in [2.45, 2.75) is 24.0 Å². The lowest BCUT2D eigenvalue weighted by atomic mass is 10.2. The molecule has 0 saturated heterocycles. The minimum atomic E-state index is -2.54. The van der Waals surface area contributed by atoms with Crippen LogP contribution in [0.3, 0.4) is 0 Å². The lowest BCUT2D eigenvalue weighted by molar-refractivity contribution is 0.102. The van der Waals surface area contributed by atoms with E-state index in [-0.39, 0.29) is 5.91 Å². The van der Waals surface area contributed by atoms with Crippen molar-refractivity contribution in [1.82, 2.24) is 9.59 Å². The van der Waals surface area contributed by atoms with Crippen LogP contribution in [0.25, 0.3) is 0 Å². The first-order chi connectivity index (χ1) is 9.61. The molecule has 0 bridgehead atoms. The Labute approximate surface area is 122 Å². The number of alkyl halides is 2. The number of carbonyl (C=O) groups excluding carboxylic acids is 1. The second-order valence-electron chi connectivity index (χ2n) is 3.73. The normalized spacial score (nSPS) is 10.8. The van der Waals surface area contributed by atoms with Gasteiger partial charge >= 0.3 is 0 Å². The zero-order valence-electron chi connectivity index (χ0n) is 10.5. The topological polar surface area (TPSA) is 54.9 Å². The molecule has 0 aliphatic heterocycles. The largest absolute Gasteiger partial charge is 0.320 e. The van der Waals surface area contributed by atoms with E-state index in [0.29, 0.717) is 39.3 Å². The number of amides is 1. The number of halogens is 2. The molecule has 4 nitrogen and oxygen atoms in total. The molecule has 106 valence electrons. The van der Waals surface area contributed by atoms with Gasteiger partial charge in [0.2, 0.25) is 0 Å². The van der Waals surface area contributed by atoms with E-state index < -0.39 is 5.76 Å². The van der Waals surface area contributed by atoms with E-state index in [0.717, 1.165) is 11.5 Å². The number of carbonyl (C=O) groups is 1. The molecular weight excluding hydrogens is 304 g/mol. The fourth-order valence-corrected chi connectivity index (χ4v) is 2.80. The summed E-state index contributed by atoms with van der Waals surface area (Å²) >= 11 is 1.39. The van der Waals surface area contributed by atoms with Crippen LogP contribution in [-0.2, 0) is 6.42 Å². The predicted molar refractivity (Wildman–Crippen MR) is 75.5 cm³/mol. The van der Waals surface area contributed by atoms with Gasteiger partial charge in [0, 0.05) is 4.90 Å². The van der Waals surface area contributed by atoms with Gasteiger partial charge in [0.15, 0.2) is 0 Å². The van der Waals surface area contributed by atoms with E-state index in [1.54, 1.807) is 18.2 Å². The van der Waals surface area contributed by atoms with Crippen LogP contribution in [0.1, 0.15) is 22.3 Å². The van der Waals surface area contributed by atoms with Gasteiger partial charge in [-0.3, -0.25) is 4.79 Å². The molecule has 0 aliphatic carbocycles. The molecule has 0 atom stereocenters. The van der Waals surface area contributed by atoms with Crippen LogP contribution in [0.4, 0.5) is 14.5 Å². The monoisotopic (exact) mass is 315 g/mol. The molecule has 20 heavy (non-hydrogen) atoms. The number of hydrogen-bond donors (Lipinski definition) is 1. The van der Waals surface area contributed by atoms with Gasteiger partial charge in [-0.15, -0.1) is 5.10 Å². The van der Waals surface area contributed by atoms with Crippen molar-refractivity contribution in [2.75, 3.05) is 5.32 Å². The van der Waals surface area contributed by atoms with Crippen LogP contribution in [0.15, 0.2) is 29.2 Å².